The number of carbonyl (C=O) groups excluding carboxylic acids is 2. The van der Waals surface area contributed by atoms with Gasteiger partial charge in [-0.1, -0.05) is 29.8 Å². The van der Waals surface area contributed by atoms with Gasteiger partial charge in [0.1, 0.15) is 0 Å². The van der Waals surface area contributed by atoms with Crippen LogP contribution in [0, 0.1) is 20.8 Å². The zero-order valence-electron chi connectivity index (χ0n) is 13.3. The molecule has 1 heterocycles. The van der Waals surface area contributed by atoms with Gasteiger partial charge in [0.15, 0.2) is 0 Å². The number of hydrogen-bond donors (Lipinski definition) is 2. The van der Waals surface area contributed by atoms with Crippen LogP contribution in [0.25, 0.3) is 0 Å². The highest BCUT2D eigenvalue weighted by atomic mass is 16.2. The Labute approximate surface area is 134 Å². The van der Waals surface area contributed by atoms with Crippen LogP contribution in [0.3, 0.4) is 0 Å². The van der Waals surface area contributed by atoms with Gasteiger partial charge in [0.25, 0.3) is 0 Å². The molecule has 23 heavy (non-hydrogen) atoms. The Morgan fingerprint density at radius 1 is 1.26 bits per heavy atom. The van der Waals surface area contributed by atoms with Crippen LogP contribution >= 0.6 is 0 Å². The highest BCUT2D eigenvalue weighted by molar-refractivity contribution is 6.34. The Balaban J connectivity index is 2.15. The largest absolute Gasteiger partial charge is 0.361 e. The van der Waals surface area contributed by atoms with Crippen molar-refractivity contribution in [3.63, 3.8) is 0 Å². The maximum atomic E-state index is 11.1. The number of carbonyl (C=O) groups is 2. The Morgan fingerprint density at radius 2 is 1.91 bits per heavy atom. The van der Waals surface area contributed by atoms with Gasteiger partial charge in [-0.2, -0.15) is 10.2 Å². The van der Waals surface area contributed by atoms with Crippen LogP contribution in [0.5, 0.6) is 0 Å². The van der Waals surface area contributed by atoms with Crippen LogP contribution in [0.15, 0.2) is 29.4 Å². The lowest BCUT2D eigenvalue weighted by Crippen LogP contribution is -2.32. The number of aryl methyl sites for hydroxylation is 2. The lowest BCUT2D eigenvalue weighted by Gasteiger charge is -2.05. The predicted octanol–water partition coefficient (Wildman–Crippen LogP) is 0.792. The van der Waals surface area contributed by atoms with Crippen molar-refractivity contribution in [2.24, 2.45) is 10.8 Å². The van der Waals surface area contributed by atoms with Crippen molar-refractivity contribution in [3.05, 3.63) is 52.3 Å². The summed E-state index contributed by atoms with van der Waals surface area (Å²) in [7, 11) is 0. The summed E-state index contributed by atoms with van der Waals surface area (Å²) in [5.41, 5.74) is 11.8. The van der Waals surface area contributed by atoms with E-state index in [4.69, 9.17) is 5.73 Å². The van der Waals surface area contributed by atoms with Gasteiger partial charge in [0.05, 0.1) is 18.5 Å². The number of hydrazone groups is 1. The first-order valence-corrected chi connectivity index (χ1v) is 7.11. The summed E-state index contributed by atoms with van der Waals surface area (Å²) in [4.78, 5) is 21.7. The summed E-state index contributed by atoms with van der Waals surface area (Å²) in [6.45, 7) is 6.47. The molecule has 120 valence electrons. The quantitative estimate of drug-likeness (QED) is 0.495. The number of amides is 2. The van der Waals surface area contributed by atoms with E-state index in [9.17, 15) is 9.59 Å². The van der Waals surface area contributed by atoms with Gasteiger partial charge in [0, 0.05) is 11.3 Å². The minimum Gasteiger partial charge on any atom is -0.361 e. The zero-order valence-corrected chi connectivity index (χ0v) is 13.3. The Morgan fingerprint density at radius 3 is 2.52 bits per heavy atom. The average Bonchev–Trinajstić information content (AvgIpc) is 2.76. The van der Waals surface area contributed by atoms with E-state index in [1.807, 2.05) is 25.5 Å². The molecule has 0 aliphatic carbocycles. The molecule has 1 aromatic carbocycles. The number of hydrogen-bond acceptors (Lipinski definition) is 4. The SMILES string of the molecule is Cc1ccc(Cn2nc(C)c(/C=N\NC(=O)C(N)=O)c2C)cc1. The molecule has 0 radical (unpaired) electrons. The summed E-state index contributed by atoms with van der Waals surface area (Å²) >= 11 is 0. The smallest absolute Gasteiger partial charge is 0.329 e. The van der Waals surface area contributed by atoms with E-state index in [0.717, 1.165) is 22.5 Å². The summed E-state index contributed by atoms with van der Waals surface area (Å²) in [6, 6.07) is 8.24. The molecular formula is C16H19N5O2. The van der Waals surface area contributed by atoms with Crippen molar-refractivity contribution in [2.75, 3.05) is 0 Å². The maximum absolute atomic E-state index is 11.1. The fourth-order valence-electron chi connectivity index (χ4n) is 2.13. The second-order valence-corrected chi connectivity index (χ2v) is 5.29. The summed E-state index contributed by atoms with van der Waals surface area (Å²) in [5, 5.41) is 8.22. The molecule has 7 nitrogen and oxygen atoms in total. The molecule has 3 N–H and O–H groups in total. The third kappa shape index (κ3) is 4.03. The third-order valence-corrected chi connectivity index (χ3v) is 3.47. The molecule has 2 rings (SSSR count). The minimum absolute atomic E-state index is 0.647. The molecule has 0 atom stereocenters. The molecule has 0 unspecified atom stereocenters. The van der Waals surface area contributed by atoms with Crippen LogP contribution in [0.2, 0.25) is 0 Å². The van der Waals surface area contributed by atoms with Gasteiger partial charge in [-0.3, -0.25) is 14.3 Å². The van der Waals surface area contributed by atoms with Crippen LogP contribution in [0.4, 0.5) is 0 Å². The van der Waals surface area contributed by atoms with E-state index in [2.05, 4.69) is 39.9 Å². The molecular weight excluding hydrogens is 294 g/mol. The van der Waals surface area contributed by atoms with E-state index in [0.29, 0.717) is 6.54 Å². The van der Waals surface area contributed by atoms with Crippen LogP contribution < -0.4 is 11.2 Å². The Hall–Kier alpha value is -2.96. The van der Waals surface area contributed by atoms with Gasteiger partial charge in [-0.25, -0.2) is 5.43 Å². The number of aromatic nitrogens is 2. The molecule has 0 bridgehead atoms. The molecule has 1 aromatic heterocycles. The fraction of sp³-hybridized carbons (Fsp3) is 0.250. The summed E-state index contributed by atoms with van der Waals surface area (Å²) in [6.07, 6.45) is 1.46. The van der Waals surface area contributed by atoms with Gasteiger partial charge in [0.2, 0.25) is 0 Å². The van der Waals surface area contributed by atoms with E-state index in [1.54, 1.807) is 0 Å². The second kappa shape index (κ2) is 6.87. The second-order valence-electron chi connectivity index (χ2n) is 5.29. The molecule has 0 aliphatic heterocycles. The molecule has 0 aliphatic rings. The predicted molar refractivity (Wildman–Crippen MR) is 86.9 cm³/mol. The van der Waals surface area contributed by atoms with Crippen LogP contribution in [-0.4, -0.2) is 27.8 Å². The fourth-order valence-corrected chi connectivity index (χ4v) is 2.13. The van der Waals surface area contributed by atoms with Crippen molar-refractivity contribution < 1.29 is 9.59 Å². The van der Waals surface area contributed by atoms with E-state index in [-0.39, 0.29) is 0 Å². The first kappa shape index (κ1) is 16.4. The molecule has 2 amide bonds. The molecule has 2 aromatic rings. The Kier molecular flexibility index (Phi) is 4.90. The van der Waals surface area contributed by atoms with Crippen molar-refractivity contribution in [1.82, 2.24) is 15.2 Å². The Bertz CT molecular complexity index is 760. The third-order valence-electron chi connectivity index (χ3n) is 3.47. The first-order valence-electron chi connectivity index (χ1n) is 7.11. The highest BCUT2D eigenvalue weighted by Gasteiger charge is 2.11. The molecule has 0 saturated carbocycles. The zero-order chi connectivity index (χ0) is 17.0. The standard InChI is InChI=1S/C16H19N5O2/c1-10-4-6-13(7-5-10)9-21-12(3)14(11(2)20-21)8-18-19-16(23)15(17)22/h4-8H,9H2,1-3H3,(H2,17,22)(H,19,23)/b18-8-. The lowest BCUT2D eigenvalue weighted by atomic mass is 10.1. The van der Waals surface area contributed by atoms with E-state index in [1.165, 1.54) is 11.8 Å². The molecule has 0 spiro atoms. The summed E-state index contributed by atoms with van der Waals surface area (Å²) in [5.74, 6) is -2.03. The van der Waals surface area contributed by atoms with Crippen LogP contribution in [-0.2, 0) is 16.1 Å². The number of nitrogens with one attached hydrogen (secondary N) is 1. The number of nitrogens with two attached hydrogens (primary N) is 1. The molecule has 0 fully saturated rings. The van der Waals surface area contributed by atoms with Crippen molar-refractivity contribution in [2.45, 2.75) is 27.3 Å². The highest BCUT2D eigenvalue weighted by Crippen LogP contribution is 2.13. The molecule has 0 saturated heterocycles. The van der Waals surface area contributed by atoms with Crippen molar-refractivity contribution >= 4 is 18.0 Å². The van der Waals surface area contributed by atoms with Gasteiger partial charge >= 0.3 is 11.8 Å². The average molecular weight is 313 g/mol. The topological polar surface area (TPSA) is 102 Å². The number of benzene rings is 1. The van der Waals surface area contributed by atoms with E-state index < -0.39 is 11.8 Å². The van der Waals surface area contributed by atoms with Crippen LogP contribution in [0.1, 0.15) is 28.1 Å². The maximum Gasteiger partial charge on any atom is 0.329 e. The number of primary amides is 1. The lowest BCUT2D eigenvalue weighted by molar-refractivity contribution is -0.137. The first-order chi connectivity index (χ1) is 10.9. The monoisotopic (exact) mass is 313 g/mol. The number of nitrogens with zero attached hydrogens (tertiary/aromatic N) is 3. The molecule has 7 heteroatoms. The summed E-state index contributed by atoms with van der Waals surface area (Å²) < 4.78 is 1.87. The van der Waals surface area contributed by atoms with Gasteiger partial charge in [-0.15, -0.1) is 0 Å². The van der Waals surface area contributed by atoms with Gasteiger partial charge < -0.3 is 5.73 Å². The normalized spacial score (nSPS) is 10.9. The van der Waals surface area contributed by atoms with Crippen molar-refractivity contribution in [3.8, 4) is 0 Å². The number of rotatable bonds is 4. The minimum atomic E-state index is -1.08. The van der Waals surface area contributed by atoms with Crippen molar-refractivity contribution in [1.29, 1.82) is 0 Å². The van der Waals surface area contributed by atoms with E-state index >= 15 is 0 Å². The van der Waals surface area contributed by atoms with Gasteiger partial charge in [-0.05, 0) is 26.3 Å².